The number of fused-ring (bicyclic) bond motifs is 3. The average Bonchev–Trinajstić information content (AvgIpc) is 2.89. The van der Waals surface area contributed by atoms with Gasteiger partial charge in [0.1, 0.15) is 5.60 Å². The highest BCUT2D eigenvalue weighted by molar-refractivity contribution is 6.04. The van der Waals surface area contributed by atoms with Crippen LogP contribution in [0.5, 0.6) is 11.5 Å². The molecule has 0 fully saturated rings. The quantitative estimate of drug-likeness (QED) is 0.906. The first-order chi connectivity index (χ1) is 11.3. The average molecular weight is 332 g/mol. The minimum Gasteiger partial charge on any atom is -0.493 e. The molecule has 0 atom stereocenters. The van der Waals surface area contributed by atoms with Crippen LogP contribution in [0.3, 0.4) is 0 Å². The number of amides is 1. The van der Waals surface area contributed by atoms with Crippen LogP contribution in [0.15, 0.2) is 12.1 Å². The smallest absolute Gasteiger partial charge is 0.414 e. The van der Waals surface area contributed by atoms with E-state index in [9.17, 15) is 4.79 Å². The van der Waals surface area contributed by atoms with Gasteiger partial charge >= 0.3 is 6.09 Å². The number of aromatic amines is 1. The number of anilines is 1. The summed E-state index contributed by atoms with van der Waals surface area (Å²) in [5.74, 6) is 1.30. The zero-order valence-corrected chi connectivity index (χ0v) is 14.9. The SMILES string of the molecule is COc1cc2[nH]c3c(c2cc1OC)N(C(=O)OC(C)(C)C)CCC3. The molecule has 0 saturated heterocycles. The molecule has 0 bridgehead atoms. The molecule has 0 aliphatic carbocycles. The minimum absolute atomic E-state index is 0.320. The van der Waals surface area contributed by atoms with Crippen LogP contribution in [-0.4, -0.2) is 37.4 Å². The number of hydrogen-bond donors (Lipinski definition) is 1. The van der Waals surface area contributed by atoms with E-state index in [1.54, 1.807) is 19.1 Å². The second-order valence-electron chi connectivity index (χ2n) is 6.94. The molecule has 0 spiro atoms. The van der Waals surface area contributed by atoms with Crippen LogP contribution in [0.1, 0.15) is 32.9 Å². The van der Waals surface area contributed by atoms with E-state index in [0.29, 0.717) is 18.0 Å². The van der Waals surface area contributed by atoms with Gasteiger partial charge in [-0.3, -0.25) is 4.90 Å². The summed E-state index contributed by atoms with van der Waals surface area (Å²) in [6.07, 6.45) is 1.47. The van der Waals surface area contributed by atoms with Crippen LogP contribution in [0, 0.1) is 0 Å². The summed E-state index contributed by atoms with van der Waals surface area (Å²) in [5.41, 5.74) is 2.32. The molecule has 6 nitrogen and oxygen atoms in total. The topological polar surface area (TPSA) is 63.8 Å². The number of methoxy groups -OCH3 is 2. The van der Waals surface area contributed by atoms with E-state index in [2.05, 4.69) is 4.98 Å². The summed E-state index contributed by atoms with van der Waals surface area (Å²) in [4.78, 5) is 17.8. The minimum atomic E-state index is -0.526. The summed E-state index contributed by atoms with van der Waals surface area (Å²) >= 11 is 0. The number of carbonyl (C=O) groups is 1. The lowest BCUT2D eigenvalue weighted by Gasteiger charge is -2.30. The van der Waals surface area contributed by atoms with Gasteiger partial charge in [-0.1, -0.05) is 0 Å². The molecule has 130 valence electrons. The molecule has 0 saturated carbocycles. The molecule has 3 rings (SSSR count). The molecular weight excluding hydrogens is 308 g/mol. The van der Waals surface area contributed by atoms with Crippen LogP contribution < -0.4 is 14.4 Å². The standard InChI is InChI=1S/C18H24N2O4/c1-18(2,3)24-17(21)20-8-6-7-12-16(20)11-9-14(22-4)15(23-5)10-13(11)19-12/h9-10,19H,6-8H2,1-5H3. The fraction of sp³-hybridized carbons (Fsp3) is 0.500. The Balaban J connectivity index is 2.10. The van der Waals surface area contributed by atoms with Gasteiger partial charge in [0.2, 0.25) is 0 Å². The van der Waals surface area contributed by atoms with Crippen molar-refractivity contribution in [3.63, 3.8) is 0 Å². The Hall–Kier alpha value is -2.37. The molecule has 1 amide bonds. The Bertz CT molecular complexity index is 773. The van der Waals surface area contributed by atoms with Gasteiger partial charge in [-0.15, -0.1) is 0 Å². The fourth-order valence-electron chi connectivity index (χ4n) is 3.08. The Labute approximate surface area is 141 Å². The van der Waals surface area contributed by atoms with Crippen LogP contribution in [-0.2, 0) is 11.2 Å². The number of hydrogen-bond acceptors (Lipinski definition) is 4. The van der Waals surface area contributed by atoms with E-state index in [4.69, 9.17) is 14.2 Å². The molecule has 2 aromatic rings. The van der Waals surface area contributed by atoms with E-state index in [1.165, 1.54) is 0 Å². The summed E-state index contributed by atoms with van der Waals surface area (Å²) in [5, 5.41) is 0.938. The van der Waals surface area contributed by atoms with Crippen molar-refractivity contribution in [2.45, 2.75) is 39.2 Å². The van der Waals surface area contributed by atoms with Gasteiger partial charge in [0.15, 0.2) is 11.5 Å². The maximum Gasteiger partial charge on any atom is 0.414 e. The first-order valence-corrected chi connectivity index (χ1v) is 8.11. The maximum atomic E-state index is 12.6. The summed E-state index contributed by atoms with van der Waals surface area (Å²) in [6.45, 7) is 6.26. The number of H-pyrrole nitrogens is 1. The van der Waals surface area contributed by atoms with Crippen molar-refractivity contribution in [1.29, 1.82) is 0 Å². The Morgan fingerprint density at radius 3 is 2.46 bits per heavy atom. The molecule has 0 unspecified atom stereocenters. The molecule has 6 heteroatoms. The maximum absolute atomic E-state index is 12.6. The van der Waals surface area contributed by atoms with Crippen LogP contribution in [0.25, 0.3) is 10.9 Å². The zero-order chi connectivity index (χ0) is 17.5. The molecule has 1 N–H and O–H groups in total. The van der Waals surface area contributed by atoms with Gasteiger partial charge in [-0.05, 0) is 39.7 Å². The highest BCUT2D eigenvalue weighted by atomic mass is 16.6. The zero-order valence-electron chi connectivity index (χ0n) is 14.9. The van der Waals surface area contributed by atoms with E-state index in [0.717, 1.165) is 35.1 Å². The molecule has 24 heavy (non-hydrogen) atoms. The van der Waals surface area contributed by atoms with Gasteiger partial charge in [0.25, 0.3) is 0 Å². The number of rotatable bonds is 2. The summed E-state index contributed by atoms with van der Waals surface area (Å²) in [6, 6.07) is 3.81. The highest BCUT2D eigenvalue weighted by Crippen LogP contribution is 2.41. The van der Waals surface area contributed by atoms with Gasteiger partial charge in [-0.25, -0.2) is 4.79 Å². The number of aromatic nitrogens is 1. The molecule has 1 aliphatic heterocycles. The van der Waals surface area contributed by atoms with Crippen molar-refractivity contribution in [3.8, 4) is 11.5 Å². The number of aryl methyl sites for hydroxylation is 1. The Morgan fingerprint density at radius 2 is 1.83 bits per heavy atom. The van der Waals surface area contributed by atoms with Gasteiger partial charge < -0.3 is 19.2 Å². The third-order valence-corrected chi connectivity index (χ3v) is 4.04. The second kappa shape index (κ2) is 5.92. The first kappa shape index (κ1) is 16.5. The lowest BCUT2D eigenvalue weighted by molar-refractivity contribution is 0.0578. The van der Waals surface area contributed by atoms with Crippen molar-refractivity contribution in [1.82, 2.24) is 4.98 Å². The third kappa shape index (κ3) is 2.88. The van der Waals surface area contributed by atoms with Gasteiger partial charge in [-0.2, -0.15) is 0 Å². The lowest BCUT2D eigenvalue weighted by Crippen LogP contribution is -2.39. The second-order valence-corrected chi connectivity index (χ2v) is 6.94. The molecule has 2 heterocycles. The van der Waals surface area contributed by atoms with E-state index in [1.807, 2.05) is 32.9 Å². The number of nitrogens with one attached hydrogen (secondary N) is 1. The molecule has 1 aromatic carbocycles. The molecule has 1 aliphatic rings. The van der Waals surface area contributed by atoms with Crippen LogP contribution in [0.4, 0.5) is 10.5 Å². The summed E-state index contributed by atoms with van der Waals surface area (Å²) in [7, 11) is 3.22. The lowest BCUT2D eigenvalue weighted by atomic mass is 10.1. The van der Waals surface area contributed by atoms with Gasteiger partial charge in [0, 0.05) is 23.7 Å². The van der Waals surface area contributed by atoms with E-state index in [-0.39, 0.29) is 6.09 Å². The number of nitrogens with zero attached hydrogens (tertiary/aromatic N) is 1. The molecule has 0 radical (unpaired) electrons. The predicted molar refractivity (Wildman–Crippen MR) is 93.3 cm³/mol. The molecule has 1 aromatic heterocycles. The van der Waals surface area contributed by atoms with Crippen LogP contribution >= 0.6 is 0 Å². The predicted octanol–water partition coefficient (Wildman–Crippen LogP) is 3.87. The number of ether oxygens (including phenoxy) is 3. The Kier molecular flexibility index (Phi) is 4.07. The molecular formula is C18H24N2O4. The first-order valence-electron chi connectivity index (χ1n) is 8.11. The summed E-state index contributed by atoms with van der Waals surface area (Å²) < 4.78 is 16.3. The normalized spacial score (nSPS) is 14.5. The van der Waals surface area contributed by atoms with Crippen LogP contribution in [0.2, 0.25) is 0 Å². The van der Waals surface area contributed by atoms with Crippen molar-refractivity contribution >= 4 is 22.7 Å². The monoisotopic (exact) mass is 332 g/mol. The Morgan fingerprint density at radius 1 is 1.17 bits per heavy atom. The number of benzene rings is 1. The van der Waals surface area contributed by atoms with E-state index >= 15 is 0 Å². The third-order valence-electron chi connectivity index (χ3n) is 4.04. The highest BCUT2D eigenvalue weighted by Gasteiger charge is 2.30. The fourth-order valence-corrected chi connectivity index (χ4v) is 3.08. The van der Waals surface area contributed by atoms with Gasteiger partial charge in [0.05, 0.1) is 25.4 Å². The number of carbonyl (C=O) groups excluding carboxylic acids is 1. The van der Waals surface area contributed by atoms with Crippen molar-refractivity contribution in [3.05, 3.63) is 17.8 Å². The largest absolute Gasteiger partial charge is 0.493 e. The van der Waals surface area contributed by atoms with Crippen molar-refractivity contribution in [2.75, 3.05) is 25.7 Å². The van der Waals surface area contributed by atoms with Crippen molar-refractivity contribution < 1.29 is 19.0 Å². The van der Waals surface area contributed by atoms with E-state index < -0.39 is 5.60 Å². The van der Waals surface area contributed by atoms with Crippen molar-refractivity contribution in [2.24, 2.45) is 0 Å².